The van der Waals surface area contributed by atoms with E-state index < -0.39 is 11.9 Å². The highest BCUT2D eigenvalue weighted by Crippen LogP contribution is 2.32. The third kappa shape index (κ3) is 2.87. The van der Waals surface area contributed by atoms with Gasteiger partial charge < -0.3 is 5.11 Å². The number of nitrogens with zero attached hydrogens (tertiary/aromatic N) is 3. The van der Waals surface area contributed by atoms with E-state index in [0.29, 0.717) is 15.8 Å². The second kappa shape index (κ2) is 6.36. The quantitative estimate of drug-likeness (QED) is 0.794. The van der Waals surface area contributed by atoms with E-state index in [1.807, 2.05) is 17.5 Å². The Kier molecular flexibility index (Phi) is 4.02. The van der Waals surface area contributed by atoms with Gasteiger partial charge in [-0.1, -0.05) is 18.2 Å². The van der Waals surface area contributed by atoms with Crippen LogP contribution in [0.25, 0.3) is 6.08 Å². The molecular weight excluding hydrogens is 372 g/mol. The third-order valence-corrected chi connectivity index (χ3v) is 5.60. The van der Waals surface area contributed by atoms with Crippen LogP contribution >= 0.6 is 23.1 Å². The van der Waals surface area contributed by atoms with E-state index in [-0.39, 0.29) is 17.0 Å². The number of amidine groups is 2. The summed E-state index contributed by atoms with van der Waals surface area (Å²) in [7, 11) is 0. The Morgan fingerprint density at radius 2 is 2.00 bits per heavy atom. The Morgan fingerprint density at radius 3 is 2.65 bits per heavy atom. The third-order valence-electron chi connectivity index (χ3n) is 3.66. The fourth-order valence-corrected chi connectivity index (χ4v) is 4.06. The van der Waals surface area contributed by atoms with Crippen LogP contribution in [0.5, 0.6) is 0 Å². The van der Waals surface area contributed by atoms with Gasteiger partial charge in [0.2, 0.25) is 5.17 Å². The summed E-state index contributed by atoms with van der Waals surface area (Å²) in [6.45, 7) is 0. The highest BCUT2D eigenvalue weighted by molar-refractivity contribution is 8.27. The number of hydrazone groups is 1. The van der Waals surface area contributed by atoms with Gasteiger partial charge in [-0.05, 0) is 47.0 Å². The molecule has 0 aliphatic carbocycles. The molecule has 2 aliphatic rings. The van der Waals surface area contributed by atoms with Crippen molar-refractivity contribution >= 4 is 57.1 Å². The number of thiophene rings is 1. The van der Waals surface area contributed by atoms with E-state index in [1.165, 1.54) is 46.3 Å². The molecule has 1 amide bonds. The first-order chi connectivity index (χ1) is 12.5. The predicted molar refractivity (Wildman–Crippen MR) is 102 cm³/mol. The molecule has 2 aliphatic heterocycles. The molecule has 0 saturated carbocycles. The van der Waals surface area contributed by atoms with Crippen LogP contribution < -0.4 is 0 Å². The van der Waals surface area contributed by atoms with Crippen molar-refractivity contribution in [1.82, 2.24) is 5.01 Å². The van der Waals surface area contributed by atoms with Crippen LogP contribution in [0.15, 0.2) is 57.4 Å². The topological polar surface area (TPSA) is 106 Å². The molecule has 0 fully saturated rings. The van der Waals surface area contributed by atoms with Gasteiger partial charge in [0.05, 0.1) is 16.0 Å². The molecule has 0 atom stereocenters. The number of amides is 1. The fraction of sp³-hybridized carbons (Fsp3) is 0. The molecule has 0 spiro atoms. The molecule has 3 heterocycles. The molecule has 128 valence electrons. The number of rotatable bonds is 3. The molecule has 0 saturated heterocycles. The average molecular weight is 382 g/mol. The SMILES string of the molecule is N=C1C(=Cc2ccc(C(=O)O)cc2)C(=O)N=C2SC(c3cccs3)=NN12. The maximum Gasteiger partial charge on any atom is 0.335 e. The van der Waals surface area contributed by atoms with E-state index in [0.717, 1.165) is 4.88 Å². The first kappa shape index (κ1) is 16.4. The normalized spacial score (nSPS) is 18.0. The zero-order chi connectivity index (χ0) is 18.3. The Bertz CT molecular complexity index is 1020. The van der Waals surface area contributed by atoms with Crippen LogP contribution in [0.1, 0.15) is 20.8 Å². The van der Waals surface area contributed by atoms with Crippen molar-refractivity contribution < 1.29 is 14.7 Å². The van der Waals surface area contributed by atoms with Gasteiger partial charge in [0.25, 0.3) is 5.91 Å². The number of carbonyl (C=O) groups is 2. The highest BCUT2D eigenvalue weighted by Gasteiger charge is 2.36. The van der Waals surface area contributed by atoms with Crippen molar-refractivity contribution in [2.75, 3.05) is 0 Å². The highest BCUT2D eigenvalue weighted by atomic mass is 32.2. The van der Waals surface area contributed by atoms with Crippen molar-refractivity contribution in [1.29, 1.82) is 5.41 Å². The molecule has 4 rings (SSSR count). The monoisotopic (exact) mass is 382 g/mol. The molecule has 1 aromatic carbocycles. The van der Waals surface area contributed by atoms with Gasteiger partial charge in [0, 0.05) is 0 Å². The number of carbonyl (C=O) groups excluding carboxylic acids is 1. The molecular formula is C17H10N4O3S2. The van der Waals surface area contributed by atoms with Gasteiger partial charge in [-0.3, -0.25) is 10.2 Å². The number of hydrogen-bond donors (Lipinski definition) is 2. The number of aromatic carboxylic acids is 1. The molecule has 0 unspecified atom stereocenters. The van der Waals surface area contributed by atoms with E-state index in [4.69, 9.17) is 10.5 Å². The van der Waals surface area contributed by atoms with E-state index in [2.05, 4.69) is 10.1 Å². The standard InChI is InChI=1S/C17H10N4O3S2/c18-13-11(8-9-3-5-10(6-4-9)16(23)24)14(22)19-17-21(13)20-15(26-17)12-2-1-7-25-12/h1-8,18H,(H,23,24). The molecule has 9 heteroatoms. The number of fused-ring (bicyclic) bond motifs is 1. The molecule has 7 nitrogen and oxygen atoms in total. The lowest BCUT2D eigenvalue weighted by molar-refractivity contribution is -0.114. The van der Waals surface area contributed by atoms with E-state index >= 15 is 0 Å². The summed E-state index contributed by atoms with van der Waals surface area (Å²) in [6, 6.07) is 9.87. The predicted octanol–water partition coefficient (Wildman–Crippen LogP) is 3.11. The number of carboxylic acid groups (broad SMARTS) is 1. The molecule has 0 bridgehead atoms. The minimum Gasteiger partial charge on any atom is -0.478 e. The number of thioether (sulfide) groups is 1. The summed E-state index contributed by atoms with van der Waals surface area (Å²) < 4.78 is 0. The van der Waals surface area contributed by atoms with Crippen LogP contribution in [0.4, 0.5) is 0 Å². The van der Waals surface area contributed by atoms with Gasteiger partial charge in [0.15, 0.2) is 5.84 Å². The lowest BCUT2D eigenvalue weighted by Gasteiger charge is -2.20. The first-order valence-corrected chi connectivity index (χ1v) is 9.10. The Labute approximate surface area is 155 Å². The van der Waals surface area contributed by atoms with Gasteiger partial charge in [-0.25, -0.2) is 4.79 Å². The molecule has 2 N–H and O–H groups in total. The largest absolute Gasteiger partial charge is 0.478 e. The van der Waals surface area contributed by atoms with Crippen molar-refractivity contribution in [3.05, 3.63) is 63.4 Å². The summed E-state index contributed by atoms with van der Waals surface area (Å²) in [4.78, 5) is 28.2. The maximum atomic E-state index is 12.3. The van der Waals surface area contributed by atoms with Crippen LogP contribution in [0, 0.1) is 5.41 Å². The van der Waals surface area contributed by atoms with Gasteiger partial charge in [-0.15, -0.1) is 11.3 Å². The van der Waals surface area contributed by atoms with Crippen molar-refractivity contribution in [3.63, 3.8) is 0 Å². The molecule has 2 aromatic rings. The van der Waals surface area contributed by atoms with Gasteiger partial charge in [-0.2, -0.15) is 15.1 Å². The Hall–Kier alpha value is -3.04. The Balaban J connectivity index is 1.66. The number of benzene rings is 1. The summed E-state index contributed by atoms with van der Waals surface area (Å²) >= 11 is 2.78. The van der Waals surface area contributed by atoms with E-state index in [1.54, 1.807) is 12.1 Å². The number of nitrogens with one attached hydrogen (secondary N) is 1. The van der Waals surface area contributed by atoms with Gasteiger partial charge in [0.1, 0.15) is 5.04 Å². The first-order valence-electron chi connectivity index (χ1n) is 7.40. The van der Waals surface area contributed by atoms with Crippen LogP contribution in [0.2, 0.25) is 0 Å². The summed E-state index contributed by atoms with van der Waals surface area (Å²) in [6.07, 6.45) is 1.51. The second-order valence-electron chi connectivity index (χ2n) is 5.33. The summed E-state index contributed by atoms with van der Waals surface area (Å²) in [5, 5.41) is 26.0. The second-order valence-corrected chi connectivity index (χ2v) is 7.23. The van der Waals surface area contributed by atoms with Crippen molar-refractivity contribution in [2.45, 2.75) is 0 Å². The zero-order valence-corrected chi connectivity index (χ0v) is 14.7. The minimum absolute atomic E-state index is 0.0543. The van der Waals surface area contributed by atoms with Crippen LogP contribution in [-0.4, -0.2) is 38.0 Å². The average Bonchev–Trinajstić information content (AvgIpc) is 3.28. The fourth-order valence-electron chi connectivity index (χ4n) is 2.38. The zero-order valence-electron chi connectivity index (χ0n) is 13.0. The number of aliphatic imine (C=N–C) groups is 1. The van der Waals surface area contributed by atoms with Crippen LogP contribution in [0.3, 0.4) is 0 Å². The molecule has 0 radical (unpaired) electrons. The summed E-state index contributed by atoms with van der Waals surface area (Å²) in [5.41, 5.74) is 0.864. The van der Waals surface area contributed by atoms with Crippen LogP contribution in [-0.2, 0) is 4.79 Å². The smallest absolute Gasteiger partial charge is 0.335 e. The maximum absolute atomic E-state index is 12.3. The lowest BCUT2D eigenvalue weighted by atomic mass is 10.1. The number of hydrogen-bond acceptors (Lipinski definition) is 6. The number of carboxylic acids is 1. The van der Waals surface area contributed by atoms with Crippen molar-refractivity contribution in [3.8, 4) is 0 Å². The lowest BCUT2D eigenvalue weighted by Crippen LogP contribution is -2.35. The van der Waals surface area contributed by atoms with Crippen molar-refractivity contribution in [2.24, 2.45) is 10.1 Å². The summed E-state index contributed by atoms with van der Waals surface area (Å²) in [5.74, 6) is -1.59. The molecule has 26 heavy (non-hydrogen) atoms. The Morgan fingerprint density at radius 1 is 1.23 bits per heavy atom. The molecule has 1 aromatic heterocycles. The minimum atomic E-state index is -1.02. The van der Waals surface area contributed by atoms with E-state index in [9.17, 15) is 9.59 Å². The van der Waals surface area contributed by atoms with Gasteiger partial charge >= 0.3 is 5.97 Å².